The second-order valence-electron chi connectivity index (χ2n) is 6.35. The van der Waals surface area contributed by atoms with Gasteiger partial charge in [0, 0.05) is 18.5 Å². The molecule has 2 unspecified atom stereocenters. The van der Waals surface area contributed by atoms with Crippen molar-refractivity contribution in [3.05, 3.63) is 0 Å². The average molecular weight is 236 g/mol. The van der Waals surface area contributed by atoms with Crippen molar-refractivity contribution in [2.24, 2.45) is 29.4 Å². The monoisotopic (exact) mass is 236 g/mol. The van der Waals surface area contributed by atoms with Crippen molar-refractivity contribution in [2.75, 3.05) is 6.54 Å². The zero-order valence-electron chi connectivity index (χ0n) is 10.5. The largest absolute Gasteiger partial charge is 0.356 e. The highest BCUT2D eigenvalue weighted by atomic mass is 16.1. The van der Waals surface area contributed by atoms with Crippen LogP contribution in [0.2, 0.25) is 0 Å². The van der Waals surface area contributed by atoms with Gasteiger partial charge >= 0.3 is 0 Å². The van der Waals surface area contributed by atoms with E-state index in [1.807, 2.05) is 0 Å². The van der Waals surface area contributed by atoms with Crippen LogP contribution < -0.4 is 11.1 Å². The summed E-state index contributed by atoms with van der Waals surface area (Å²) in [5.41, 5.74) is 5.86. The summed E-state index contributed by atoms with van der Waals surface area (Å²) in [6.07, 6.45) is 8.48. The number of nitrogens with one attached hydrogen (secondary N) is 1. The first-order chi connectivity index (χ1) is 8.24. The van der Waals surface area contributed by atoms with Crippen molar-refractivity contribution in [3.63, 3.8) is 0 Å². The molecule has 0 spiro atoms. The lowest BCUT2D eigenvalue weighted by atomic mass is 9.97. The summed E-state index contributed by atoms with van der Waals surface area (Å²) in [5.74, 6) is 3.10. The molecular formula is C14H24N2O. The molecule has 0 aromatic rings. The predicted molar refractivity (Wildman–Crippen MR) is 67.3 cm³/mol. The molecule has 3 aliphatic rings. The molecule has 3 nitrogen and oxygen atoms in total. The summed E-state index contributed by atoms with van der Waals surface area (Å²) in [6, 6.07) is 0.258. The Balaban J connectivity index is 1.44. The van der Waals surface area contributed by atoms with Crippen LogP contribution >= 0.6 is 0 Å². The molecular weight excluding hydrogens is 212 g/mol. The van der Waals surface area contributed by atoms with E-state index in [1.165, 1.54) is 25.7 Å². The lowest BCUT2D eigenvalue weighted by molar-refractivity contribution is -0.125. The summed E-state index contributed by atoms with van der Waals surface area (Å²) in [5, 5.41) is 3.19. The quantitative estimate of drug-likeness (QED) is 0.763. The van der Waals surface area contributed by atoms with Gasteiger partial charge in [0.05, 0.1) is 0 Å². The third-order valence-corrected chi connectivity index (χ3v) is 4.81. The molecule has 0 aliphatic heterocycles. The Morgan fingerprint density at radius 1 is 1.12 bits per heavy atom. The Morgan fingerprint density at radius 3 is 2.24 bits per heavy atom. The van der Waals surface area contributed by atoms with Gasteiger partial charge < -0.3 is 11.1 Å². The lowest BCUT2D eigenvalue weighted by Gasteiger charge is -2.18. The highest BCUT2D eigenvalue weighted by Crippen LogP contribution is 2.48. The van der Waals surface area contributed by atoms with E-state index in [4.69, 9.17) is 5.73 Å². The highest BCUT2D eigenvalue weighted by Gasteiger charge is 2.41. The van der Waals surface area contributed by atoms with Gasteiger partial charge in [-0.2, -0.15) is 0 Å². The Bertz CT molecular complexity index is 285. The minimum Gasteiger partial charge on any atom is -0.356 e. The Labute approximate surface area is 104 Å². The molecule has 3 heteroatoms. The van der Waals surface area contributed by atoms with Crippen LogP contribution in [0.15, 0.2) is 0 Å². The third-order valence-electron chi connectivity index (χ3n) is 4.81. The van der Waals surface area contributed by atoms with Crippen LogP contribution in [0.5, 0.6) is 0 Å². The Kier molecular flexibility index (Phi) is 3.12. The second kappa shape index (κ2) is 4.60. The maximum atomic E-state index is 12.0. The minimum atomic E-state index is 0.198. The van der Waals surface area contributed by atoms with Crippen molar-refractivity contribution < 1.29 is 4.79 Å². The van der Waals surface area contributed by atoms with Crippen LogP contribution in [0.4, 0.5) is 0 Å². The number of nitrogens with two attached hydrogens (primary N) is 1. The summed E-state index contributed by atoms with van der Waals surface area (Å²) < 4.78 is 0. The van der Waals surface area contributed by atoms with Gasteiger partial charge in [-0.3, -0.25) is 4.79 Å². The standard InChI is InChI=1S/C14H24N2O/c15-12-6-5-11(7-12)14(17)16-8-13(9-1-2-9)10-3-4-10/h9-13H,1-8,15H2,(H,16,17). The van der Waals surface area contributed by atoms with Gasteiger partial charge in [0.15, 0.2) is 0 Å². The van der Waals surface area contributed by atoms with E-state index in [0.717, 1.165) is 43.6 Å². The van der Waals surface area contributed by atoms with Crippen LogP contribution in [0.3, 0.4) is 0 Å². The van der Waals surface area contributed by atoms with Gasteiger partial charge in [-0.1, -0.05) is 0 Å². The molecule has 17 heavy (non-hydrogen) atoms. The van der Waals surface area contributed by atoms with Gasteiger partial charge in [-0.25, -0.2) is 0 Å². The second-order valence-corrected chi connectivity index (χ2v) is 6.35. The summed E-state index contributed by atoms with van der Waals surface area (Å²) in [4.78, 5) is 12.0. The average Bonchev–Trinajstić information content (AvgIpc) is 3.20. The van der Waals surface area contributed by atoms with Crippen molar-refractivity contribution in [3.8, 4) is 0 Å². The Morgan fingerprint density at radius 2 is 1.76 bits per heavy atom. The SMILES string of the molecule is NC1CCC(C(=O)NCC(C2CC2)C2CC2)C1. The van der Waals surface area contributed by atoms with Crippen LogP contribution in [-0.4, -0.2) is 18.5 Å². The molecule has 1 amide bonds. The van der Waals surface area contributed by atoms with Gasteiger partial charge in [0.1, 0.15) is 0 Å². The van der Waals surface area contributed by atoms with E-state index < -0.39 is 0 Å². The van der Waals surface area contributed by atoms with E-state index in [1.54, 1.807) is 0 Å². The van der Waals surface area contributed by atoms with Gasteiger partial charge in [-0.15, -0.1) is 0 Å². The molecule has 3 N–H and O–H groups in total. The molecule has 0 radical (unpaired) electrons. The number of carbonyl (C=O) groups excluding carboxylic acids is 1. The molecule has 0 aromatic heterocycles. The van der Waals surface area contributed by atoms with Gasteiger partial charge in [0.2, 0.25) is 5.91 Å². The molecule has 3 rings (SSSR count). The lowest BCUT2D eigenvalue weighted by Crippen LogP contribution is -2.35. The van der Waals surface area contributed by atoms with Crippen molar-refractivity contribution in [1.29, 1.82) is 0 Å². The maximum Gasteiger partial charge on any atom is 0.223 e. The normalized spacial score (nSPS) is 33.1. The van der Waals surface area contributed by atoms with Crippen LogP contribution in [0.25, 0.3) is 0 Å². The molecule has 0 heterocycles. The van der Waals surface area contributed by atoms with Crippen LogP contribution in [0.1, 0.15) is 44.9 Å². The first-order valence-electron chi connectivity index (χ1n) is 7.27. The van der Waals surface area contributed by atoms with Crippen molar-refractivity contribution in [1.82, 2.24) is 5.32 Å². The van der Waals surface area contributed by atoms with E-state index in [0.29, 0.717) is 0 Å². The third kappa shape index (κ3) is 2.82. The van der Waals surface area contributed by atoms with Crippen LogP contribution in [-0.2, 0) is 4.79 Å². The van der Waals surface area contributed by atoms with Gasteiger partial charge in [-0.05, 0) is 62.7 Å². The zero-order chi connectivity index (χ0) is 11.8. The first-order valence-corrected chi connectivity index (χ1v) is 7.27. The fourth-order valence-corrected chi connectivity index (χ4v) is 3.38. The number of amides is 1. The summed E-state index contributed by atoms with van der Waals surface area (Å²) in [7, 11) is 0. The number of carbonyl (C=O) groups is 1. The minimum absolute atomic E-state index is 0.198. The zero-order valence-corrected chi connectivity index (χ0v) is 10.5. The molecule has 3 aliphatic carbocycles. The summed E-state index contributed by atoms with van der Waals surface area (Å²) in [6.45, 7) is 0.930. The van der Waals surface area contributed by atoms with Crippen molar-refractivity contribution in [2.45, 2.75) is 51.0 Å². The number of hydrogen-bond donors (Lipinski definition) is 2. The number of rotatable bonds is 5. The maximum absolute atomic E-state index is 12.0. The smallest absolute Gasteiger partial charge is 0.223 e. The van der Waals surface area contributed by atoms with E-state index in [9.17, 15) is 4.79 Å². The van der Waals surface area contributed by atoms with E-state index in [2.05, 4.69) is 5.32 Å². The molecule has 0 bridgehead atoms. The van der Waals surface area contributed by atoms with Gasteiger partial charge in [0.25, 0.3) is 0 Å². The fourth-order valence-electron chi connectivity index (χ4n) is 3.38. The molecule has 0 saturated heterocycles. The molecule has 96 valence electrons. The molecule has 3 saturated carbocycles. The number of hydrogen-bond acceptors (Lipinski definition) is 2. The van der Waals surface area contributed by atoms with E-state index >= 15 is 0 Å². The van der Waals surface area contributed by atoms with Crippen molar-refractivity contribution >= 4 is 5.91 Å². The van der Waals surface area contributed by atoms with E-state index in [-0.39, 0.29) is 17.9 Å². The molecule has 3 fully saturated rings. The topological polar surface area (TPSA) is 55.1 Å². The van der Waals surface area contributed by atoms with Crippen LogP contribution in [0, 0.1) is 23.7 Å². The molecule has 0 aromatic carbocycles. The predicted octanol–water partition coefficient (Wildman–Crippen LogP) is 1.67. The molecule has 2 atom stereocenters. The highest BCUT2D eigenvalue weighted by molar-refractivity contribution is 5.79. The fraction of sp³-hybridized carbons (Fsp3) is 0.929. The first kappa shape index (κ1) is 11.5. The Hall–Kier alpha value is -0.570. The summed E-state index contributed by atoms with van der Waals surface area (Å²) >= 11 is 0.